The van der Waals surface area contributed by atoms with Gasteiger partial charge in [-0.05, 0) is 18.2 Å². The van der Waals surface area contributed by atoms with Gasteiger partial charge in [0.2, 0.25) is 11.7 Å². The van der Waals surface area contributed by atoms with Crippen molar-refractivity contribution < 1.29 is 27.4 Å². The molecule has 1 unspecified atom stereocenters. The van der Waals surface area contributed by atoms with Crippen molar-refractivity contribution in [2.45, 2.75) is 19.2 Å². The molecule has 2 aromatic rings. The summed E-state index contributed by atoms with van der Waals surface area (Å²) in [7, 11) is 1.48. The fraction of sp³-hybridized carbons (Fsp3) is 0.471. The average Bonchev–Trinajstić information content (AvgIpc) is 2.64. The van der Waals surface area contributed by atoms with E-state index in [9.17, 15) is 18.0 Å². The van der Waals surface area contributed by atoms with Gasteiger partial charge in [0.25, 0.3) is 0 Å². The Morgan fingerprint density at radius 1 is 1.41 bits per heavy atom. The lowest BCUT2D eigenvalue weighted by atomic mass is 10.2. The summed E-state index contributed by atoms with van der Waals surface area (Å²) in [5.41, 5.74) is 0.179. The Bertz CT molecular complexity index is 844. The van der Waals surface area contributed by atoms with Crippen molar-refractivity contribution in [3.8, 4) is 5.75 Å². The summed E-state index contributed by atoms with van der Waals surface area (Å²) in [4.78, 5) is 20.3. The number of hydrogen-bond acceptors (Lipinski definition) is 6. The molecule has 10 heteroatoms. The number of nitrogens with zero attached hydrogens (tertiary/aromatic N) is 3. The predicted molar refractivity (Wildman–Crippen MR) is 91.7 cm³/mol. The third-order valence-electron chi connectivity index (χ3n) is 4.15. The Hall–Kier alpha value is -2.62. The van der Waals surface area contributed by atoms with Crippen LogP contribution in [0.25, 0.3) is 10.9 Å². The number of nitrogens with one attached hydrogen (secondary N) is 1. The minimum Gasteiger partial charge on any atom is -0.497 e. The second-order valence-electron chi connectivity index (χ2n) is 6.13. The number of carbonyl (C=O) groups is 1. The number of alkyl halides is 3. The molecular weight excluding hydrogens is 365 g/mol. The first-order valence-corrected chi connectivity index (χ1v) is 8.32. The minimum atomic E-state index is -4.66. The standard InChI is InChI=1S/C17H19F3N4O3/c1-10(25)21-8-12-9-24(5-6-27-12)15-13-7-11(26-2)3-4-14(13)22-16(23-15)17(18,19)20/h3-4,7,12H,5-6,8-9H2,1-2H3,(H,21,25). The van der Waals surface area contributed by atoms with Gasteiger partial charge < -0.3 is 19.7 Å². The molecule has 1 aromatic heterocycles. The van der Waals surface area contributed by atoms with E-state index in [4.69, 9.17) is 9.47 Å². The molecule has 1 N–H and O–H groups in total. The van der Waals surface area contributed by atoms with Crippen LogP contribution in [-0.4, -0.2) is 55.3 Å². The topological polar surface area (TPSA) is 76.6 Å². The van der Waals surface area contributed by atoms with Gasteiger partial charge in [-0.1, -0.05) is 0 Å². The van der Waals surface area contributed by atoms with E-state index in [1.807, 2.05) is 0 Å². The highest BCUT2D eigenvalue weighted by Gasteiger charge is 2.36. The third-order valence-corrected chi connectivity index (χ3v) is 4.15. The number of methoxy groups -OCH3 is 1. The van der Waals surface area contributed by atoms with Gasteiger partial charge >= 0.3 is 6.18 Å². The molecule has 27 heavy (non-hydrogen) atoms. The van der Waals surface area contributed by atoms with Gasteiger partial charge in [-0.2, -0.15) is 13.2 Å². The van der Waals surface area contributed by atoms with Crippen LogP contribution in [0.1, 0.15) is 12.7 Å². The Kier molecular flexibility index (Phi) is 5.36. The van der Waals surface area contributed by atoms with Crippen LogP contribution >= 0.6 is 0 Å². The number of fused-ring (bicyclic) bond motifs is 1. The number of benzene rings is 1. The quantitative estimate of drug-likeness (QED) is 0.869. The molecule has 0 bridgehead atoms. The molecule has 3 rings (SSSR count). The predicted octanol–water partition coefficient (Wildman–Crippen LogP) is 2.00. The maximum Gasteiger partial charge on any atom is 0.451 e. The molecule has 1 aliphatic heterocycles. The Labute approximate surface area is 153 Å². The molecule has 1 atom stereocenters. The van der Waals surface area contributed by atoms with E-state index in [2.05, 4.69) is 15.3 Å². The van der Waals surface area contributed by atoms with Gasteiger partial charge in [0.15, 0.2) is 0 Å². The largest absolute Gasteiger partial charge is 0.497 e. The SMILES string of the molecule is COc1ccc2nc(C(F)(F)F)nc(N3CCOC(CNC(C)=O)C3)c2c1. The van der Waals surface area contributed by atoms with Crippen LogP contribution in [-0.2, 0) is 15.7 Å². The van der Waals surface area contributed by atoms with E-state index < -0.39 is 12.0 Å². The summed E-state index contributed by atoms with van der Waals surface area (Å²) in [6, 6.07) is 4.64. The van der Waals surface area contributed by atoms with Crippen LogP contribution in [0.3, 0.4) is 0 Å². The lowest BCUT2D eigenvalue weighted by Gasteiger charge is -2.34. The van der Waals surface area contributed by atoms with Gasteiger partial charge in [0, 0.05) is 31.9 Å². The Balaban J connectivity index is 2.01. The van der Waals surface area contributed by atoms with Crippen LogP contribution < -0.4 is 15.0 Å². The number of halogens is 3. The van der Waals surface area contributed by atoms with Crippen LogP contribution in [0.5, 0.6) is 5.75 Å². The van der Waals surface area contributed by atoms with Gasteiger partial charge in [-0.3, -0.25) is 4.79 Å². The molecule has 1 aliphatic rings. The number of morpholine rings is 1. The number of amides is 1. The number of hydrogen-bond donors (Lipinski definition) is 1. The molecule has 1 aromatic carbocycles. The van der Waals surface area contributed by atoms with E-state index in [0.717, 1.165) is 0 Å². The smallest absolute Gasteiger partial charge is 0.451 e. The van der Waals surface area contributed by atoms with Crippen molar-refractivity contribution >= 4 is 22.6 Å². The number of ether oxygens (including phenoxy) is 2. The van der Waals surface area contributed by atoms with E-state index in [-0.39, 0.29) is 29.9 Å². The second kappa shape index (κ2) is 7.55. The Morgan fingerprint density at radius 2 is 2.19 bits per heavy atom. The number of carbonyl (C=O) groups excluding carboxylic acids is 1. The van der Waals surface area contributed by atoms with Gasteiger partial charge in [-0.25, -0.2) is 9.97 Å². The van der Waals surface area contributed by atoms with Gasteiger partial charge in [0.1, 0.15) is 11.6 Å². The van der Waals surface area contributed by atoms with Crippen molar-refractivity contribution in [3.63, 3.8) is 0 Å². The van der Waals surface area contributed by atoms with Crippen molar-refractivity contribution in [1.82, 2.24) is 15.3 Å². The van der Waals surface area contributed by atoms with Gasteiger partial charge in [0.05, 0.1) is 25.3 Å². The molecule has 2 heterocycles. The summed E-state index contributed by atoms with van der Waals surface area (Å²) in [5.74, 6) is -0.732. The molecule has 7 nitrogen and oxygen atoms in total. The van der Waals surface area contributed by atoms with E-state index in [0.29, 0.717) is 30.8 Å². The summed E-state index contributed by atoms with van der Waals surface area (Å²) >= 11 is 0. The van der Waals surface area contributed by atoms with Gasteiger partial charge in [-0.15, -0.1) is 0 Å². The number of anilines is 1. The fourth-order valence-electron chi connectivity index (χ4n) is 2.88. The zero-order valence-electron chi connectivity index (χ0n) is 14.8. The van der Waals surface area contributed by atoms with E-state index in [1.54, 1.807) is 17.0 Å². The van der Waals surface area contributed by atoms with Crippen LogP contribution in [0.15, 0.2) is 18.2 Å². The van der Waals surface area contributed by atoms with Crippen LogP contribution in [0.2, 0.25) is 0 Å². The molecule has 0 radical (unpaired) electrons. The summed E-state index contributed by atoms with van der Waals surface area (Å²) in [6.07, 6.45) is -5.02. The molecule has 0 saturated carbocycles. The molecule has 1 amide bonds. The lowest BCUT2D eigenvalue weighted by molar-refractivity contribution is -0.144. The van der Waals surface area contributed by atoms with E-state index in [1.165, 1.54) is 20.1 Å². The van der Waals surface area contributed by atoms with Crippen LogP contribution in [0, 0.1) is 0 Å². The highest BCUT2D eigenvalue weighted by molar-refractivity contribution is 5.90. The number of rotatable bonds is 4. The van der Waals surface area contributed by atoms with Crippen molar-refractivity contribution in [2.75, 3.05) is 38.3 Å². The first kappa shape index (κ1) is 19.2. The van der Waals surface area contributed by atoms with Crippen molar-refractivity contribution in [3.05, 3.63) is 24.0 Å². The Morgan fingerprint density at radius 3 is 2.85 bits per heavy atom. The van der Waals surface area contributed by atoms with Crippen LogP contribution in [0.4, 0.5) is 19.0 Å². The molecule has 1 saturated heterocycles. The summed E-state index contributed by atoms with van der Waals surface area (Å²) in [6.45, 7) is 2.63. The molecule has 0 spiro atoms. The number of aromatic nitrogens is 2. The third kappa shape index (κ3) is 4.38. The molecule has 1 fully saturated rings. The lowest BCUT2D eigenvalue weighted by Crippen LogP contribution is -2.47. The summed E-state index contributed by atoms with van der Waals surface area (Å²) < 4.78 is 50.5. The highest BCUT2D eigenvalue weighted by atomic mass is 19.4. The molecule has 0 aliphatic carbocycles. The molecular formula is C17H19F3N4O3. The van der Waals surface area contributed by atoms with Crippen molar-refractivity contribution in [1.29, 1.82) is 0 Å². The first-order valence-electron chi connectivity index (χ1n) is 8.32. The monoisotopic (exact) mass is 384 g/mol. The molecule has 146 valence electrons. The van der Waals surface area contributed by atoms with E-state index >= 15 is 0 Å². The summed E-state index contributed by atoms with van der Waals surface area (Å²) in [5, 5.41) is 3.12. The minimum absolute atomic E-state index is 0.169. The first-order chi connectivity index (χ1) is 12.8. The maximum atomic E-state index is 13.3. The maximum absolute atomic E-state index is 13.3. The second-order valence-corrected chi connectivity index (χ2v) is 6.13. The zero-order chi connectivity index (χ0) is 19.6. The highest BCUT2D eigenvalue weighted by Crippen LogP contribution is 2.33. The average molecular weight is 384 g/mol. The zero-order valence-corrected chi connectivity index (χ0v) is 14.8. The fourth-order valence-corrected chi connectivity index (χ4v) is 2.88. The normalized spacial score (nSPS) is 17.8. The van der Waals surface area contributed by atoms with Crippen molar-refractivity contribution in [2.24, 2.45) is 0 Å².